The number of amides is 3. The summed E-state index contributed by atoms with van der Waals surface area (Å²) in [4.78, 5) is 43.3. The first-order valence-corrected chi connectivity index (χ1v) is 12.8. The summed E-state index contributed by atoms with van der Waals surface area (Å²) in [6, 6.07) is 11.0. The number of anilines is 1. The molecule has 3 amide bonds. The highest BCUT2D eigenvalue weighted by Gasteiger charge is 2.30. The normalized spacial score (nSPS) is 13.4. The van der Waals surface area contributed by atoms with Gasteiger partial charge in [0.1, 0.15) is 6.04 Å². The Bertz CT molecular complexity index is 1120. The fourth-order valence-electron chi connectivity index (χ4n) is 4.34. The Labute approximate surface area is 224 Å². The van der Waals surface area contributed by atoms with Crippen molar-refractivity contribution in [3.05, 3.63) is 53.6 Å². The van der Waals surface area contributed by atoms with E-state index >= 15 is 0 Å². The predicted octanol–water partition coefficient (Wildman–Crippen LogP) is 3.86. The average Bonchev–Trinajstić information content (AvgIpc) is 3.37. The van der Waals surface area contributed by atoms with Crippen molar-refractivity contribution in [3.63, 3.8) is 0 Å². The van der Waals surface area contributed by atoms with Crippen LogP contribution in [0.3, 0.4) is 0 Å². The monoisotopic (exact) mass is 526 g/mol. The smallest absolute Gasteiger partial charge is 0.318 e. The van der Waals surface area contributed by atoms with Crippen molar-refractivity contribution in [3.8, 4) is 11.5 Å². The average molecular weight is 527 g/mol. The van der Waals surface area contributed by atoms with Gasteiger partial charge >= 0.3 is 12.0 Å². The summed E-state index contributed by atoms with van der Waals surface area (Å²) in [7, 11) is 7.19. The largest absolute Gasteiger partial charge is 0.481 e. The summed E-state index contributed by atoms with van der Waals surface area (Å²) in [5.41, 5.74) is 2.65. The number of likely N-dealkylation sites (N-methyl/N-ethyl adjacent to an activating group) is 1. The van der Waals surface area contributed by atoms with Crippen molar-refractivity contribution >= 4 is 23.6 Å². The number of urea groups is 1. The number of fused-ring (bicyclic) bond motifs is 1. The number of nitrogens with one attached hydrogen (secondary N) is 1. The Hall–Kier alpha value is -3.95. The molecule has 38 heavy (non-hydrogen) atoms. The molecule has 0 aromatic heterocycles. The molecule has 2 N–H and O–H groups in total. The maximum absolute atomic E-state index is 13.4. The second-order valence-corrected chi connectivity index (χ2v) is 9.74. The molecule has 0 saturated heterocycles. The lowest BCUT2D eigenvalue weighted by atomic mass is 10.0. The molecule has 2 atom stereocenters. The van der Waals surface area contributed by atoms with E-state index < -0.39 is 24.1 Å². The third-order valence-electron chi connectivity index (χ3n) is 6.63. The molecule has 0 radical (unpaired) electrons. The molecule has 0 bridgehead atoms. The number of nitrogens with zero attached hydrogens (tertiary/aromatic N) is 3. The van der Waals surface area contributed by atoms with Gasteiger partial charge in [-0.1, -0.05) is 38.0 Å². The zero-order valence-corrected chi connectivity index (χ0v) is 22.8. The van der Waals surface area contributed by atoms with Gasteiger partial charge in [-0.3, -0.25) is 9.59 Å². The zero-order chi connectivity index (χ0) is 27.8. The summed E-state index contributed by atoms with van der Waals surface area (Å²) >= 11 is 0. The molecular formula is C28H38N4O6. The number of hydrogen-bond donors (Lipinski definition) is 2. The quantitative estimate of drug-likeness (QED) is 0.432. The number of carboxylic acids is 1. The molecule has 206 valence electrons. The molecular weight excluding hydrogens is 488 g/mol. The van der Waals surface area contributed by atoms with E-state index in [9.17, 15) is 19.5 Å². The van der Waals surface area contributed by atoms with Gasteiger partial charge in [0.25, 0.3) is 0 Å². The molecule has 0 spiro atoms. The lowest BCUT2D eigenvalue weighted by Gasteiger charge is -2.31. The molecule has 1 aliphatic heterocycles. The number of carbonyl (C=O) groups excluding carboxylic acids is 2. The van der Waals surface area contributed by atoms with Crippen molar-refractivity contribution in [2.75, 3.05) is 39.9 Å². The molecule has 3 rings (SSSR count). The van der Waals surface area contributed by atoms with Gasteiger partial charge in [-0.25, -0.2) is 4.79 Å². The summed E-state index contributed by atoms with van der Waals surface area (Å²) in [5.74, 6) is -0.178. The molecule has 0 aliphatic carbocycles. The van der Waals surface area contributed by atoms with Crippen molar-refractivity contribution in [1.82, 2.24) is 15.1 Å². The highest BCUT2D eigenvalue weighted by molar-refractivity contribution is 5.87. The Morgan fingerprint density at radius 1 is 1.00 bits per heavy atom. The minimum Gasteiger partial charge on any atom is -0.481 e. The van der Waals surface area contributed by atoms with Crippen molar-refractivity contribution in [1.29, 1.82) is 0 Å². The summed E-state index contributed by atoms with van der Waals surface area (Å²) in [5, 5.41) is 12.4. The second kappa shape index (κ2) is 13.0. The summed E-state index contributed by atoms with van der Waals surface area (Å²) in [6.07, 6.45) is 1.79. The first-order valence-electron chi connectivity index (χ1n) is 12.8. The third-order valence-corrected chi connectivity index (χ3v) is 6.63. The van der Waals surface area contributed by atoms with E-state index in [1.54, 1.807) is 30.1 Å². The molecule has 2 aromatic rings. The van der Waals surface area contributed by atoms with E-state index in [2.05, 4.69) is 5.32 Å². The number of aliphatic carboxylic acids is 1. The topological polar surface area (TPSA) is 112 Å². The van der Waals surface area contributed by atoms with Gasteiger partial charge in [0.2, 0.25) is 12.7 Å². The van der Waals surface area contributed by atoms with E-state index in [0.717, 1.165) is 24.1 Å². The fraction of sp³-hybridized carbons (Fsp3) is 0.464. The van der Waals surface area contributed by atoms with Crippen LogP contribution in [0.2, 0.25) is 0 Å². The Kier molecular flexibility index (Phi) is 9.81. The lowest BCUT2D eigenvalue weighted by Crippen LogP contribution is -2.51. The number of unbranched alkanes of at least 4 members (excludes halogenated alkanes) is 1. The molecule has 0 unspecified atom stereocenters. The van der Waals surface area contributed by atoms with Gasteiger partial charge in [0.05, 0.1) is 12.5 Å². The van der Waals surface area contributed by atoms with Gasteiger partial charge in [-0.15, -0.1) is 0 Å². The van der Waals surface area contributed by atoms with Gasteiger partial charge in [0.15, 0.2) is 11.5 Å². The maximum Gasteiger partial charge on any atom is 0.318 e. The van der Waals surface area contributed by atoms with Crippen LogP contribution in [0.5, 0.6) is 11.5 Å². The Balaban J connectivity index is 1.73. The number of carbonyl (C=O) groups is 3. The molecule has 2 aromatic carbocycles. The van der Waals surface area contributed by atoms with Crippen LogP contribution in [0.4, 0.5) is 10.5 Å². The number of ether oxygens (including phenoxy) is 2. The SMILES string of the molecule is CCCC[C@H](NC(=O)N(C)[C@@H](CC(=O)O)c1ccc2c(c1)OCO2)C(=O)N(C)Cc1ccc(N(C)C)cc1. The van der Waals surface area contributed by atoms with E-state index in [0.29, 0.717) is 30.0 Å². The lowest BCUT2D eigenvalue weighted by molar-refractivity contribution is -0.138. The second-order valence-electron chi connectivity index (χ2n) is 9.74. The summed E-state index contributed by atoms with van der Waals surface area (Å²) < 4.78 is 10.8. The van der Waals surface area contributed by atoms with Crippen LogP contribution >= 0.6 is 0 Å². The van der Waals surface area contributed by atoms with Crippen molar-refractivity contribution in [2.45, 2.75) is 51.2 Å². The number of benzene rings is 2. The standard InChI is InChI=1S/C28H38N4O6/c1-6-7-8-22(27(35)31(4)17-19-9-12-21(13-10-19)30(2)3)29-28(36)32(5)23(16-26(33)34)20-11-14-24-25(15-20)38-18-37-24/h9-15,22-23H,6-8,16-18H2,1-5H3,(H,29,36)(H,33,34)/t22-,23-/m0/s1. The minimum absolute atomic E-state index is 0.0905. The molecule has 1 heterocycles. The third kappa shape index (κ3) is 7.30. The number of rotatable bonds is 12. The van der Waals surface area contributed by atoms with E-state index in [1.165, 1.54) is 11.9 Å². The van der Waals surface area contributed by atoms with Crippen molar-refractivity contribution < 1.29 is 29.0 Å². The Morgan fingerprint density at radius 2 is 1.68 bits per heavy atom. The molecule has 10 heteroatoms. The van der Waals surface area contributed by atoms with Gasteiger partial charge in [-0.05, 0) is 41.8 Å². The van der Waals surface area contributed by atoms with Crippen LogP contribution in [-0.2, 0) is 16.1 Å². The van der Waals surface area contributed by atoms with Crippen LogP contribution in [-0.4, -0.2) is 73.8 Å². The minimum atomic E-state index is -1.05. The van der Waals surface area contributed by atoms with E-state index in [4.69, 9.17) is 9.47 Å². The van der Waals surface area contributed by atoms with Gasteiger partial charge < -0.3 is 34.6 Å². The molecule has 1 aliphatic rings. The van der Waals surface area contributed by atoms with Gasteiger partial charge in [0, 0.05) is 40.4 Å². The van der Waals surface area contributed by atoms with Crippen LogP contribution in [0, 0.1) is 0 Å². The van der Waals surface area contributed by atoms with Crippen LogP contribution in [0.15, 0.2) is 42.5 Å². The number of hydrogen-bond acceptors (Lipinski definition) is 6. The highest BCUT2D eigenvalue weighted by Crippen LogP contribution is 2.36. The van der Waals surface area contributed by atoms with Crippen LogP contribution < -0.4 is 19.7 Å². The van der Waals surface area contributed by atoms with E-state index in [-0.39, 0.29) is 19.1 Å². The highest BCUT2D eigenvalue weighted by atomic mass is 16.7. The number of carboxylic acid groups (broad SMARTS) is 1. The zero-order valence-electron chi connectivity index (χ0n) is 22.8. The van der Waals surface area contributed by atoms with Gasteiger partial charge in [-0.2, -0.15) is 0 Å². The van der Waals surface area contributed by atoms with Crippen LogP contribution in [0.25, 0.3) is 0 Å². The Morgan fingerprint density at radius 3 is 2.32 bits per heavy atom. The van der Waals surface area contributed by atoms with E-state index in [1.807, 2.05) is 50.2 Å². The first-order chi connectivity index (χ1) is 18.1. The molecule has 0 saturated carbocycles. The molecule has 0 fully saturated rings. The predicted molar refractivity (Wildman–Crippen MR) is 144 cm³/mol. The molecule has 10 nitrogen and oxygen atoms in total. The fourth-order valence-corrected chi connectivity index (χ4v) is 4.34. The maximum atomic E-state index is 13.4. The summed E-state index contributed by atoms with van der Waals surface area (Å²) in [6.45, 7) is 2.51. The van der Waals surface area contributed by atoms with Crippen LogP contribution in [0.1, 0.15) is 49.8 Å². The van der Waals surface area contributed by atoms with Crippen molar-refractivity contribution in [2.24, 2.45) is 0 Å². The first kappa shape index (κ1) is 28.6.